The maximum absolute atomic E-state index is 13.7. The summed E-state index contributed by atoms with van der Waals surface area (Å²) in [6, 6.07) is 5.70. The highest BCUT2D eigenvalue weighted by Crippen LogP contribution is 2.64. The van der Waals surface area contributed by atoms with Gasteiger partial charge >= 0.3 is 5.97 Å². The normalized spacial score (nSPS) is 28.3. The quantitative estimate of drug-likeness (QED) is 0.292. The van der Waals surface area contributed by atoms with Crippen LogP contribution in [0.5, 0.6) is 11.5 Å². The average molecular weight is 547 g/mol. The van der Waals surface area contributed by atoms with E-state index < -0.39 is 0 Å². The second-order valence-electron chi connectivity index (χ2n) is 12.2. The zero-order valence-corrected chi connectivity index (χ0v) is 23.5. The minimum Gasteiger partial charge on any atom is -0.504 e. The summed E-state index contributed by atoms with van der Waals surface area (Å²) in [5.74, 6) is 1.41. The molecular formula is C32H38N2O6. The van der Waals surface area contributed by atoms with Gasteiger partial charge in [-0.1, -0.05) is 26.5 Å². The second kappa shape index (κ2) is 10.1. The Balaban J connectivity index is 1.36. The number of phenols is 1. The molecule has 3 heterocycles. The number of benzene rings is 1. The third kappa shape index (κ3) is 4.33. The zero-order chi connectivity index (χ0) is 28.2. The number of piperidine rings is 1. The van der Waals surface area contributed by atoms with Crippen LogP contribution >= 0.6 is 0 Å². The maximum atomic E-state index is 13.7. The Morgan fingerprint density at radius 2 is 2.12 bits per heavy atom. The van der Waals surface area contributed by atoms with Crippen LogP contribution in [0.15, 0.2) is 53.6 Å². The van der Waals surface area contributed by atoms with E-state index in [0.29, 0.717) is 30.5 Å². The third-order valence-electron chi connectivity index (χ3n) is 9.28. The molecule has 212 valence electrons. The van der Waals surface area contributed by atoms with Crippen LogP contribution in [0.1, 0.15) is 56.7 Å². The number of carbonyl (C=O) groups excluding carboxylic acids is 2. The van der Waals surface area contributed by atoms with E-state index in [1.807, 2.05) is 17.0 Å². The molecule has 1 N–H and O–H groups in total. The number of aromatic hydroxyl groups is 1. The largest absolute Gasteiger partial charge is 0.504 e. The fourth-order valence-electron chi connectivity index (χ4n) is 7.99. The van der Waals surface area contributed by atoms with Crippen molar-refractivity contribution in [3.8, 4) is 11.5 Å². The third-order valence-corrected chi connectivity index (χ3v) is 9.28. The maximum Gasteiger partial charge on any atom is 0.307 e. The molecule has 1 amide bonds. The van der Waals surface area contributed by atoms with Crippen molar-refractivity contribution in [3.63, 3.8) is 0 Å². The molecular weight excluding hydrogens is 508 g/mol. The van der Waals surface area contributed by atoms with Crippen LogP contribution in [0.3, 0.4) is 0 Å². The highest BCUT2D eigenvalue weighted by atomic mass is 16.5. The first-order valence-corrected chi connectivity index (χ1v) is 14.3. The van der Waals surface area contributed by atoms with Gasteiger partial charge in [0.15, 0.2) is 11.5 Å². The van der Waals surface area contributed by atoms with Crippen molar-refractivity contribution >= 4 is 18.0 Å². The molecule has 8 heteroatoms. The number of furan rings is 1. The Labute approximate surface area is 235 Å². The van der Waals surface area contributed by atoms with Crippen molar-refractivity contribution in [2.45, 2.75) is 70.1 Å². The van der Waals surface area contributed by atoms with Crippen molar-refractivity contribution in [1.82, 2.24) is 9.80 Å². The van der Waals surface area contributed by atoms with E-state index in [-0.39, 0.29) is 47.1 Å². The molecule has 1 aromatic carbocycles. The van der Waals surface area contributed by atoms with Crippen LogP contribution in [-0.4, -0.2) is 64.6 Å². The van der Waals surface area contributed by atoms with Gasteiger partial charge in [0.05, 0.1) is 25.1 Å². The van der Waals surface area contributed by atoms with Gasteiger partial charge in [0.2, 0.25) is 5.91 Å². The van der Waals surface area contributed by atoms with E-state index in [4.69, 9.17) is 13.9 Å². The Morgan fingerprint density at radius 3 is 2.85 bits per heavy atom. The number of nitrogens with zero attached hydrogens (tertiary/aromatic N) is 2. The lowest BCUT2D eigenvalue weighted by molar-refractivity contribution is -0.141. The zero-order valence-electron chi connectivity index (χ0n) is 23.5. The molecule has 1 saturated carbocycles. The molecule has 2 aromatic rings. The predicted molar refractivity (Wildman–Crippen MR) is 150 cm³/mol. The number of amides is 1. The second-order valence-corrected chi connectivity index (χ2v) is 12.2. The summed E-state index contributed by atoms with van der Waals surface area (Å²) in [5, 5.41) is 10.9. The first-order chi connectivity index (χ1) is 19.2. The van der Waals surface area contributed by atoms with Crippen molar-refractivity contribution in [3.05, 3.63) is 65.8 Å². The molecule has 0 radical (unpaired) electrons. The van der Waals surface area contributed by atoms with Gasteiger partial charge in [-0.25, -0.2) is 0 Å². The minimum atomic E-state index is -0.353. The SMILES string of the molecule is C=C(CN1CC[C@]23c4c5ccc(O)c4O[C@H]2[C@H](N(CC(C)C)C(=O)C=Cc2ccoc2)CC[C@H]3[C@H]1C5)OC(C)=O. The van der Waals surface area contributed by atoms with Gasteiger partial charge in [0.1, 0.15) is 11.9 Å². The Hall–Kier alpha value is -3.52. The number of phenolic OH excluding ortho intramolecular Hbond substituents is 1. The summed E-state index contributed by atoms with van der Waals surface area (Å²) in [5.41, 5.74) is 2.89. The fraction of sp³-hybridized carbons (Fsp3) is 0.500. The van der Waals surface area contributed by atoms with Gasteiger partial charge in [-0.05, 0) is 67.8 Å². The lowest BCUT2D eigenvalue weighted by Crippen LogP contribution is -2.69. The molecule has 8 nitrogen and oxygen atoms in total. The van der Waals surface area contributed by atoms with E-state index in [0.717, 1.165) is 43.4 Å². The Bertz CT molecular complexity index is 1350. The topological polar surface area (TPSA) is 92.5 Å². The number of hydrogen-bond acceptors (Lipinski definition) is 7. The standard InChI is InChI=1S/C32H38N2O6/c1-19(2)16-34(28(37)10-5-22-11-14-38-18-22)25-8-7-24-26-15-23-6-9-27(36)30-29(23)32(24,31(25)40-30)12-13-33(26)17-20(3)39-21(4)35/h5-6,9-11,14,18-19,24-26,31,36H,3,7-8,12-13,15-17H2,1-2,4H3/t24-,25+,26+,31-,32-/m0/s1. The van der Waals surface area contributed by atoms with Crippen molar-refractivity contribution in [2.24, 2.45) is 11.8 Å². The van der Waals surface area contributed by atoms with Crippen LogP contribution in [0.2, 0.25) is 0 Å². The molecule has 0 unspecified atom stereocenters. The molecule has 40 heavy (non-hydrogen) atoms. The molecule has 2 fully saturated rings. The Morgan fingerprint density at radius 1 is 1.30 bits per heavy atom. The molecule has 6 rings (SSSR count). The number of rotatable bonds is 8. The predicted octanol–water partition coefficient (Wildman–Crippen LogP) is 4.67. The molecule has 2 aliphatic heterocycles. The van der Waals surface area contributed by atoms with Gasteiger partial charge in [0, 0.05) is 42.1 Å². The van der Waals surface area contributed by atoms with Gasteiger partial charge in [-0.3, -0.25) is 14.5 Å². The first-order valence-electron chi connectivity index (χ1n) is 14.3. The van der Waals surface area contributed by atoms with Gasteiger partial charge < -0.3 is 23.9 Å². The number of likely N-dealkylation sites (tertiary alicyclic amines) is 1. The number of esters is 1. The summed E-state index contributed by atoms with van der Waals surface area (Å²) in [6.07, 6.45) is 9.82. The molecule has 2 bridgehead atoms. The van der Waals surface area contributed by atoms with Crippen LogP contribution in [0.4, 0.5) is 0 Å². The minimum absolute atomic E-state index is 0.0405. The van der Waals surface area contributed by atoms with E-state index in [2.05, 4.69) is 25.3 Å². The Kier molecular flexibility index (Phi) is 6.77. The molecule has 4 aliphatic rings. The van der Waals surface area contributed by atoms with Crippen molar-refractivity contribution in [1.29, 1.82) is 0 Å². The first kappa shape index (κ1) is 26.7. The van der Waals surface area contributed by atoms with Crippen LogP contribution < -0.4 is 4.74 Å². The molecule has 1 spiro atoms. The van der Waals surface area contributed by atoms with E-state index in [1.54, 1.807) is 30.7 Å². The van der Waals surface area contributed by atoms with Crippen LogP contribution in [0.25, 0.3) is 6.08 Å². The number of carbonyl (C=O) groups is 2. The summed E-state index contributed by atoms with van der Waals surface area (Å²) in [7, 11) is 0. The molecule has 5 atom stereocenters. The highest BCUT2D eigenvalue weighted by molar-refractivity contribution is 5.92. The molecule has 1 saturated heterocycles. The summed E-state index contributed by atoms with van der Waals surface area (Å²) < 4.78 is 17.2. The summed E-state index contributed by atoms with van der Waals surface area (Å²) in [6.45, 7) is 11.6. The average Bonchev–Trinajstić information content (AvgIpc) is 3.54. The lowest BCUT2D eigenvalue weighted by Gasteiger charge is -2.60. The number of ether oxygens (including phenoxy) is 2. The summed E-state index contributed by atoms with van der Waals surface area (Å²) in [4.78, 5) is 29.7. The van der Waals surface area contributed by atoms with Crippen LogP contribution in [-0.2, 0) is 26.2 Å². The van der Waals surface area contributed by atoms with Crippen molar-refractivity contribution in [2.75, 3.05) is 19.6 Å². The highest BCUT2D eigenvalue weighted by Gasteiger charge is 2.66. The van der Waals surface area contributed by atoms with E-state index >= 15 is 0 Å². The molecule has 1 aromatic heterocycles. The van der Waals surface area contributed by atoms with Crippen LogP contribution in [0, 0.1) is 11.8 Å². The van der Waals surface area contributed by atoms with Crippen molar-refractivity contribution < 1.29 is 28.6 Å². The van der Waals surface area contributed by atoms with Gasteiger partial charge in [0.25, 0.3) is 0 Å². The van der Waals surface area contributed by atoms with Gasteiger partial charge in [-0.2, -0.15) is 0 Å². The smallest absolute Gasteiger partial charge is 0.307 e. The molecule has 2 aliphatic carbocycles. The van der Waals surface area contributed by atoms with E-state index in [9.17, 15) is 14.7 Å². The van der Waals surface area contributed by atoms with Gasteiger partial charge in [-0.15, -0.1) is 0 Å². The lowest BCUT2D eigenvalue weighted by atomic mass is 9.51. The number of hydrogen-bond donors (Lipinski definition) is 1. The fourth-order valence-corrected chi connectivity index (χ4v) is 7.99. The van der Waals surface area contributed by atoms with E-state index in [1.165, 1.54) is 12.5 Å². The monoisotopic (exact) mass is 546 g/mol. The summed E-state index contributed by atoms with van der Waals surface area (Å²) >= 11 is 0.